The fraction of sp³-hybridized carbons (Fsp3) is 0.333. The van der Waals surface area contributed by atoms with Gasteiger partial charge >= 0.3 is 5.97 Å². The summed E-state index contributed by atoms with van der Waals surface area (Å²) in [6.45, 7) is 0.186. The van der Waals surface area contributed by atoms with Crippen LogP contribution in [0, 0.1) is 17.7 Å². The highest BCUT2D eigenvalue weighted by Gasteiger charge is 2.33. The summed E-state index contributed by atoms with van der Waals surface area (Å²) >= 11 is 5.67. The number of allylic oxidation sites excluding steroid dienone is 2. The Morgan fingerprint density at radius 1 is 1.29 bits per heavy atom. The summed E-state index contributed by atoms with van der Waals surface area (Å²) in [5.74, 6) is -3.08. The number of amides is 1. The molecule has 112 valence electrons. The van der Waals surface area contributed by atoms with Crippen LogP contribution >= 0.6 is 11.6 Å². The van der Waals surface area contributed by atoms with Crippen molar-refractivity contribution < 1.29 is 19.1 Å². The monoisotopic (exact) mass is 311 g/mol. The molecule has 1 aliphatic carbocycles. The van der Waals surface area contributed by atoms with Gasteiger partial charge in [0, 0.05) is 6.54 Å². The molecule has 0 saturated heterocycles. The number of hydrogen-bond donors (Lipinski definition) is 2. The van der Waals surface area contributed by atoms with Gasteiger partial charge in [-0.3, -0.25) is 9.59 Å². The van der Waals surface area contributed by atoms with Gasteiger partial charge in [-0.2, -0.15) is 0 Å². The Labute approximate surface area is 126 Å². The average molecular weight is 312 g/mol. The molecule has 2 unspecified atom stereocenters. The Kier molecular flexibility index (Phi) is 4.96. The topological polar surface area (TPSA) is 66.4 Å². The molecule has 0 saturated carbocycles. The number of halogens is 2. The van der Waals surface area contributed by atoms with Crippen LogP contribution in [0.2, 0.25) is 5.02 Å². The second kappa shape index (κ2) is 6.72. The van der Waals surface area contributed by atoms with E-state index in [1.807, 2.05) is 6.08 Å². The van der Waals surface area contributed by atoms with E-state index in [0.29, 0.717) is 18.4 Å². The van der Waals surface area contributed by atoms with E-state index in [1.165, 1.54) is 18.2 Å². The van der Waals surface area contributed by atoms with Crippen LogP contribution in [0.1, 0.15) is 18.4 Å². The third kappa shape index (κ3) is 3.82. The summed E-state index contributed by atoms with van der Waals surface area (Å²) in [6, 6.07) is 4.19. The van der Waals surface area contributed by atoms with Crippen molar-refractivity contribution in [2.24, 2.45) is 11.8 Å². The number of hydrogen-bond acceptors (Lipinski definition) is 2. The molecule has 2 atom stereocenters. The predicted octanol–water partition coefficient (Wildman–Crippen LogP) is 2.76. The summed E-state index contributed by atoms with van der Waals surface area (Å²) in [6.07, 6.45) is 4.36. The first-order valence-electron chi connectivity index (χ1n) is 6.58. The Morgan fingerprint density at radius 2 is 1.95 bits per heavy atom. The number of carboxylic acid groups (broad SMARTS) is 1. The maximum atomic E-state index is 13.0. The highest BCUT2D eigenvalue weighted by Crippen LogP contribution is 2.26. The van der Waals surface area contributed by atoms with E-state index in [-0.39, 0.29) is 17.5 Å². The van der Waals surface area contributed by atoms with Gasteiger partial charge in [0.05, 0.1) is 16.9 Å². The first-order valence-corrected chi connectivity index (χ1v) is 6.96. The largest absolute Gasteiger partial charge is 0.481 e. The normalized spacial score (nSPS) is 21.0. The standard InChI is InChI=1S/C15H15ClFNO3/c16-12-7-9(5-6-13(12)17)8-18-14(19)10-3-1-2-4-11(10)15(20)21/h1-2,5-7,10-11H,3-4,8H2,(H,18,19)(H,20,21). The van der Waals surface area contributed by atoms with Crippen molar-refractivity contribution in [3.8, 4) is 0 Å². The van der Waals surface area contributed by atoms with Crippen LogP contribution in [0.4, 0.5) is 4.39 Å². The fourth-order valence-electron chi connectivity index (χ4n) is 2.35. The molecule has 1 aromatic carbocycles. The molecule has 0 aromatic heterocycles. The van der Waals surface area contributed by atoms with Crippen LogP contribution in [0.25, 0.3) is 0 Å². The number of carboxylic acids is 1. The van der Waals surface area contributed by atoms with E-state index in [0.717, 1.165) is 0 Å². The molecule has 2 rings (SSSR count). The Balaban J connectivity index is 1.99. The van der Waals surface area contributed by atoms with Gasteiger partial charge in [0.15, 0.2) is 0 Å². The molecule has 0 spiro atoms. The van der Waals surface area contributed by atoms with Gasteiger partial charge in [0.1, 0.15) is 5.82 Å². The SMILES string of the molecule is O=C(O)C1CC=CCC1C(=O)NCc1ccc(F)c(Cl)c1. The van der Waals surface area contributed by atoms with Gasteiger partial charge in [0.2, 0.25) is 5.91 Å². The van der Waals surface area contributed by atoms with Gasteiger partial charge in [-0.05, 0) is 30.5 Å². The first kappa shape index (κ1) is 15.5. The molecule has 0 aliphatic heterocycles. The van der Waals surface area contributed by atoms with Gasteiger partial charge < -0.3 is 10.4 Å². The number of carbonyl (C=O) groups is 2. The zero-order valence-corrected chi connectivity index (χ0v) is 11.9. The highest BCUT2D eigenvalue weighted by atomic mass is 35.5. The zero-order valence-electron chi connectivity index (χ0n) is 11.2. The van der Waals surface area contributed by atoms with Crippen molar-refractivity contribution in [1.29, 1.82) is 0 Å². The Bertz CT molecular complexity index is 588. The van der Waals surface area contributed by atoms with E-state index in [2.05, 4.69) is 5.32 Å². The lowest BCUT2D eigenvalue weighted by Crippen LogP contribution is -2.38. The minimum Gasteiger partial charge on any atom is -0.481 e. The van der Waals surface area contributed by atoms with Crippen LogP contribution in [-0.4, -0.2) is 17.0 Å². The molecular formula is C15H15ClFNO3. The van der Waals surface area contributed by atoms with Crippen LogP contribution in [0.3, 0.4) is 0 Å². The molecule has 0 fully saturated rings. The van der Waals surface area contributed by atoms with Crippen molar-refractivity contribution in [2.75, 3.05) is 0 Å². The summed E-state index contributed by atoms with van der Waals surface area (Å²) in [5, 5.41) is 11.8. The maximum absolute atomic E-state index is 13.0. The minimum absolute atomic E-state index is 0.00855. The third-order valence-electron chi connectivity index (χ3n) is 3.54. The van der Waals surface area contributed by atoms with Gasteiger partial charge in [0.25, 0.3) is 0 Å². The molecule has 1 aliphatic rings. The van der Waals surface area contributed by atoms with Crippen LogP contribution in [-0.2, 0) is 16.1 Å². The number of rotatable bonds is 4. The van der Waals surface area contributed by atoms with E-state index in [9.17, 15) is 14.0 Å². The first-order chi connectivity index (χ1) is 9.99. The van der Waals surface area contributed by atoms with Crippen LogP contribution in [0.5, 0.6) is 0 Å². The van der Waals surface area contributed by atoms with E-state index in [4.69, 9.17) is 16.7 Å². The molecule has 4 nitrogen and oxygen atoms in total. The fourth-order valence-corrected chi connectivity index (χ4v) is 2.55. The molecule has 1 aromatic rings. The molecule has 0 radical (unpaired) electrons. The molecule has 21 heavy (non-hydrogen) atoms. The summed E-state index contributed by atoms with van der Waals surface area (Å²) in [5.41, 5.74) is 0.660. The van der Waals surface area contributed by atoms with Crippen molar-refractivity contribution >= 4 is 23.5 Å². The average Bonchev–Trinajstić information content (AvgIpc) is 2.48. The summed E-state index contributed by atoms with van der Waals surface area (Å²) in [4.78, 5) is 23.3. The van der Waals surface area contributed by atoms with Crippen molar-refractivity contribution in [2.45, 2.75) is 19.4 Å². The Hall–Kier alpha value is -1.88. The number of aliphatic carboxylic acids is 1. The van der Waals surface area contributed by atoms with E-state index in [1.54, 1.807) is 6.08 Å². The lowest BCUT2D eigenvalue weighted by molar-refractivity contribution is -0.147. The molecule has 2 N–H and O–H groups in total. The number of carbonyl (C=O) groups excluding carboxylic acids is 1. The summed E-state index contributed by atoms with van der Waals surface area (Å²) < 4.78 is 13.0. The van der Waals surface area contributed by atoms with Crippen molar-refractivity contribution in [3.05, 3.63) is 46.8 Å². The minimum atomic E-state index is -0.968. The third-order valence-corrected chi connectivity index (χ3v) is 3.83. The van der Waals surface area contributed by atoms with E-state index >= 15 is 0 Å². The lowest BCUT2D eigenvalue weighted by atomic mass is 9.82. The molecule has 1 amide bonds. The molecule has 0 bridgehead atoms. The van der Waals surface area contributed by atoms with Crippen molar-refractivity contribution in [1.82, 2.24) is 5.32 Å². The lowest BCUT2D eigenvalue weighted by Gasteiger charge is -2.24. The molecular weight excluding hydrogens is 297 g/mol. The summed E-state index contributed by atoms with van der Waals surface area (Å²) in [7, 11) is 0. The quantitative estimate of drug-likeness (QED) is 0.840. The van der Waals surface area contributed by atoms with Gasteiger partial charge in [-0.15, -0.1) is 0 Å². The van der Waals surface area contributed by atoms with Gasteiger partial charge in [-0.1, -0.05) is 29.8 Å². The van der Waals surface area contributed by atoms with E-state index < -0.39 is 23.6 Å². The second-order valence-electron chi connectivity index (χ2n) is 4.96. The number of nitrogens with one attached hydrogen (secondary N) is 1. The van der Waals surface area contributed by atoms with Crippen LogP contribution < -0.4 is 5.32 Å². The highest BCUT2D eigenvalue weighted by molar-refractivity contribution is 6.30. The molecule has 0 heterocycles. The van der Waals surface area contributed by atoms with Crippen molar-refractivity contribution in [3.63, 3.8) is 0 Å². The van der Waals surface area contributed by atoms with Gasteiger partial charge in [-0.25, -0.2) is 4.39 Å². The zero-order chi connectivity index (χ0) is 15.4. The number of benzene rings is 1. The maximum Gasteiger partial charge on any atom is 0.307 e. The van der Waals surface area contributed by atoms with Crippen LogP contribution in [0.15, 0.2) is 30.4 Å². The second-order valence-corrected chi connectivity index (χ2v) is 5.37. The smallest absolute Gasteiger partial charge is 0.307 e. The molecule has 6 heteroatoms. The Morgan fingerprint density at radius 3 is 2.57 bits per heavy atom. The predicted molar refractivity (Wildman–Crippen MR) is 76.2 cm³/mol.